The molecule has 2 aliphatic heterocycles. The number of hydrogen-bond acceptors (Lipinski definition) is 4. The average molecular weight is 480 g/mol. The Morgan fingerprint density at radius 3 is 2.41 bits per heavy atom. The highest BCUT2D eigenvalue weighted by molar-refractivity contribution is 7.98. The van der Waals surface area contributed by atoms with E-state index in [4.69, 9.17) is 0 Å². The largest absolute Gasteiger partial charge is 0.352 e. The van der Waals surface area contributed by atoms with Crippen molar-refractivity contribution < 1.29 is 14.4 Å². The van der Waals surface area contributed by atoms with Crippen molar-refractivity contribution in [1.29, 1.82) is 0 Å². The molecule has 2 fully saturated rings. The van der Waals surface area contributed by atoms with E-state index in [0.717, 1.165) is 24.8 Å². The summed E-state index contributed by atoms with van der Waals surface area (Å²) in [7, 11) is 0. The Bertz CT molecular complexity index is 1010. The molecule has 0 aliphatic carbocycles. The molecule has 7 heteroatoms. The lowest BCUT2D eigenvalue weighted by Gasteiger charge is -2.31. The maximum Gasteiger partial charge on any atom is 0.223 e. The Kier molecular flexibility index (Phi) is 7.93. The molecule has 2 aromatic rings. The van der Waals surface area contributed by atoms with Crippen molar-refractivity contribution in [2.24, 2.45) is 0 Å². The van der Waals surface area contributed by atoms with Crippen molar-refractivity contribution in [3.63, 3.8) is 0 Å². The SMILES string of the molecule is CSc1ccc(C[C@]2(CCC(=O)N(Cc3ccccc3)C[C@@H]3CCC(=O)N3)CCC(=O)N2)cc1. The summed E-state index contributed by atoms with van der Waals surface area (Å²) in [4.78, 5) is 40.4. The zero-order chi connectivity index (χ0) is 24.0. The van der Waals surface area contributed by atoms with Gasteiger partial charge in [0.2, 0.25) is 17.7 Å². The van der Waals surface area contributed by atoms with E-state index in [9.17, 15) is 14.4 Å². The number of amides is 3. The van der Waals surface area contributed by atoms with Crippen LogP contribution in [0.3, 0.4) is 0 Å². The van der Waals surface area contributed by atoms with Crippen molar-refractivity contribution in [3.05, 3.63) is 65.7 Å². The zero-order valence-electron chi connectivity index (χ0n) is 19.7. The minimum absolute atomic E-state index is 0.00439. The summed E-state index contributed by atoms with van der Waals surface area (Å²) in [5.74, 6) is 0.170. The van der Waals surface area contributed by atoms with Gasteiger partial charge in [-0.3, -0.25) is 14.4 Å². The Morgan fingerprint density at radius 1 is 1.03 bits per heavy atom. The maximum absolute atomic E-state index is 13.4. The molecule has 2 heterocycles. The third-order valence-electron chi connectivity index (χ3n) is 6.85. The predicted molar refractivity (Wildman–Crippen MR) is 134 cm³/mol. The van der Waals surface area contributed by atoms with Crippen LogP contribution in [-0.2, 0) is 27.3 Å². The fraction of sp³-hybridized carbons (Fsp3) is 0.444. The van der Waals surface area contributed by atoms with Crippen LogP contribution in [0.4, 0.5) is 0 Å². The minimum atomic E-state index is -0.395. The molecule has 2 aliphatic rings. The van der Waals surface area contributed by atoms with E-state index in [1.165, 1.54) is 10.5 Å². The van der Waals surface area contributed by atoms with Gasteiger partial charge in [-0.15, -0.1) is 11.8 Å². The van der Waals surface area contributed by atoms with E-state index in [2.05, 4.69) is 41.2 Å². The maximum atomic E-state index is 13.4. The summed E-state index contributed by atoms with van der Waals surface area (Å²) in [6.45, 7) is 1.02. The third kappa shape index (κ3) is 6.41. The Balaban J connectivity index is 1.44. The molecule has 2 saturated heterocycles. The standard InChI is InChI=1S/C27H33N3O3S/c1-34-23-10-7-20(8-11-23)17-27(15-13-25(32)29-27)16-14-26(33)30(18-21-5-3-2-4-6-21)19-22-9-12-24(31)28-22/h2-8,10-11,22H,9,12-19H2,1H3,(H,28,31)(H,29,32)/t22-,27+/m0/s1. The van der Waals surface area contributed by atoms with Crippen LogP contribution < -0.4 is 10.6 Å². The Hall–Kier alpha value is -2.80. The molecule has 4 rings (SSSR count). The third-order valence-corrected chi connectivity index (χ3v) is 7.59. The number of benzene rings is 2. The van der Waals surface area contributed by atoms with Gasteiger partial charge in [0.25, 0.3) is 0 Å². The van der Waals surface area contributed by atoms with E-state index >= 15 is 0 Å². The van der Waals surface area contributed by atoms with Gasteiger partial charge in [-0.2, -0.15) is 0 Å². The molecule has 0 radical (unpaired) electrons. The highest BCUT2D eigenvalue weighted by Gasteiger charge is 2.38. The Morgan fingerprint density at radius 2 is 1.79 bits per heavy atom. The molecule has 2 N–H and O–H groups in total. The lowest BCUT2D eigenvalue weighted by molar-refractivity contribution is -0.133. The van der Waals surface area contributed by atoms with Gasteiger partial charge < -0.3 is 15.5 Å². The summed E-state index contributed by atoms with van der Waals surface area (Å²) in [6.07, 6.45) is 6.24. The van der Waals surface area contributed by atoms with Crippen molar-refractivity contribution >= 4 is 29.5 Å². The van der Waals surface area contributed by atoms with Gasteiger partial charge in [0.15, 0.2) is 0 Å². The number of hydrogen-bond donors (Lipinski definition) is 2. The second-order valence-corrected chi connectivity index (χ2v) is 10.3. The lowest BCUT2D eigenvalue weighted by Crippen LogP contribution is -2.46. The first kappa shape index (κ1) is 24.3. The van der Waals surface area contributed by atoms with Crippen LogP contribution in [0.2, 0.25) is 0 Å². The van der Waals surface area contributed by atoms with Crippen LogP contribution in [0, 0.1) is 0 Å². The summed E-state index contributed by atoms with van der Waals surface area (Å²) in [5, 5.41) is 6.18. The van der Waals surface area contributed by atoms with Gasteiger partial charge in [0, 0.05) is 48.8 Å². The lowest BCUT2D eigenvalue weighted by atomic mass is 9.85. The molecule has 180 valence electrons. The fourth-order valence-electron chi connectivity index (χ4n) is 4.96. The van der Waals surface area contributed by atoms with Crippen LogP contribution in [-0.4, -0.2) is 47.0 Å². The number of nitrogens with zero attached hydrogens (tertiary/aromatic N) is 1. The zero-order valence-corrected chi connectivity index (χ0v) is 20.5. The van der Waals surface area contributed by atoms with Crippen molar-refractivity contribution in [2.45, 2.75) is 68.0 Å². The second-order valence-electron chi connectivity index (χ2n) is 9.42. The van der Waals surface area contributed by atoms with Gasteiger partial charge in [0.05, 0.1) is 0 Å². The molecular formula is C27H33N3O3S. The number of thioether (sulfide) groups is 1. The van der Waals surface area contributed by atoms with E-state index in [1.807, 2.05) is 35.2 Å². The molecule has 0 spiro atoms. The summed E-state index contributed by atoms with van der Waals surface area (Å²) in [6, 6.07) is 18.4. The van der Waals surface area contributed by atoms with Crippen molar-refractivity contribution in [3.8, 4) is 0 Å². The molecule has 2 aromatic carbocycles. The average Bonchev–Trinajstić information content (AvgIpc) is 3.43. The van der Waals surface area contributed by atoms with Gasteiger partial charge in [-0.1, -0.05) is 42.5 Å². The topological polar surface area (TPSA) is 78.5 Å². The number of carbonyl (C=O) groups is 3. The highest BCUT2D eigenvalue weighted by Crippen LogP contribution is 2.31. The summed E-state index contributed by atoms with van der Waals surface area (Å²) < 4.78 is 0. The number of carbonyl (C=O) groups excluding carboxylic acids is 3. The smallest absolute Gasteiger partial charge is 0.223 e. The molecule has 0 unspecified atom stereocenters. The van der Waals surface area contributed by atoms with Crippen LogP contribution in [0.15, 0.2) is 59.5 Å². The van der Waals surface area contributed by atoms with E-state index in [-0.39, 0.29) is 23.8 Å². The predicted octanol–water partition coefficient (Wildman–Crippen LogP) is 3.69. The van der Waals surface area contributed by atoms with Gasteiger partial charge in [0.1, 0.15) is 0 Å². The molecule has 0 saturated carbocycles. The first-order valence-corrected chi connectivity index (χ1v) is 13.2. The van der Waals surface area contributed by atoms with E-state index < -0.39 is 5.54 Å². The molecule has 0 aromatic heterocycles. The molecule has 3 amide bonds. The van der Waals surface area contributed by atoms with E-state index in [1.54, 1.807) is 11.8 Å². The van der Waals surface area contributed by atoms with Gasteiger partial charge >= 0.3 is 0 Å². The van der Waals surface area contributed by atoms with Crippen LogP contribution in [0.25, 0.3) is 0 Å². The molecule has 6 nitrogen and oxygen atoms in total. The summed E-state index contributed by atoms with van der Waals surface area (Å²) in [5.41, 5.74) is 1.84. The second kappa shape index (κ2) is 11.1. The van der Waals surface area contributed by atoms with Crippen LogP contribution >= 0.6 is 11.8 Å². The monoisotopic (exact) mass is 479 g/mol. The van der Waals surface area contributed by atoms with E-state index in [0.29, 0.717) is 38.8 Å². The van der Waals surface area contributed by atoms with Crippen LogP contribution in [0.5, 0.6) is 0 Å². The Labute approximate surface area is 205 Å². The fourth-order valence-corrected chi connectivity index (χ4v) is 5.37. The minimum Gasteiger partial charge on any atom is -0.352 e. The molecule has 34 heavy (non-hydrogen) atoms. The van der Waals surface area contributed by atoms with Crippen molar-refractivity contribution in [1.82, 2.24) is 15.5 Å². The first-order chi connectivity index (χ1) is 16.4. The number of nitrogens with one attached hydrogen (secondary N) is 2. The quantitative estimate of drug-likeness (QED) is 0.510. The van der Waals surface area contributed by atoms with Crippen LogP contribution in [0.1, 0.15) is 49.7 Å². The number of rotatable bonds is 10. The summed E-state index contributed by atoms with van der Waals surface area (Å²) >= 11 is 1.70. The highest BCUT2D eigenvalue weighted by atomic mass is 32.2. The molecule has 2 atom stereocenters. The van der Waals surface area contributed by atoms with Crippen molar-refractivity contribution in [2.75, 3.05) is 12.8 Å². The molecular weight excluding hydrogens is 446 g/mol. The van der Waals surface area contributed by atoms with Gasteiger partial charge in [-0.25, -0.2) is 0 Å². The normalized spacial score (nSPS) is 21.9. The van der Waals surface area contributed by atoms with Gasteiger partial charge in [-0.05, 0) is 55.2 Å². The first-order valence-electron chi connectivity index (χ1n) is 12.0. The molecule has 0 bridgehead atoms.